The number of benzene rings is 3. The Morgan fingerprint density at radius 1 is 0.966 bits per heavy atom. The topological polar surface area (TPSA) is 162 Å². The molecule has 13 nitrogen and oxygen atoms in total. The number of aliphatic hydroxyl groups is 2. The number of carbonyl (C=O) groups is 1. The van der Waals surface area contributed by atoms with Gasteiger partial charge in [0.1, 0.15) is 37.4 Å². The third-order valence-electron chi connectivity index (χ3n) is 11.5. The lowest BCUT2D eigenvalue weighted by Crippen LogP contribution is -2.69. The molecule has 3 aliphatic rings. The van der Waals surface area contributed by atoms with Crippen molar-refractivity contribution in [3.63, 3.8) is 0 Å². The first-order chi connectivity index (χ1) is 28.7. The Morgan fingerprint density at radius 3 is 2.37 bits per heavy atom. The van der Waals surface area contributed by atoms with Gasteiger partial charge in [0.25, 0.3) is 5.69 Å². The van der Waals surface area contributed by atoms with Gasteiger partial charge in [0.05, 0.1) is 23.2 Å². The Balaban J connectivity index is 1.50. The number of amides is 1. The number of hydrogen-bond acceptors (Lipinski definition) is 11. The Hall–Kier alpha value is -5.50. The summed E-state index contributed by atoms with van der Waals surface area (Å²) in [6, 6.07) is 20.6. The predicted octanol–water partition coefficient (Wildman–Crippen LogP) is 8.26. The van der Waals surface area contributed by atoms with Crippen molar-refractivity contribution in [3.8, 4) is 11.5 Å². The highest BCUT2D eigenvalue weighted by Crippen LogP contribution is 2.61. The number of likely N-dealkylation sites (N-methyl/N-ethyl adjacent to an activating group) is 1. The van der Waals surface area contributed by atoms with E-state index in [1.165, 1.54) is 17.0 Å². The van der Waals surface area contributed by atoms with Crippen LogP contribution in [-0.4, -0.2) is 77.1 Å². The lowest BCUT2D eigenvalue weighted by atomic mass is 9.55. The maximum Gasteiger partial charge on any atom is 0.410 e. The number of fused-ring (bicyclic) bond motifs is 2. The van der Waals surface area contributed by atoms with Crippen LogP contribution in [0.15, 0.2) is 115 Å². The van der Waals surface area contributed by atoms with Crippen LogP contribution < -0.4 is 9.47 Å². The maximum absolute atomic E-state index is 14.1. The molecule has 6 rings (SSSR count). The molecule has 2 N–H and O–H groups in total. The van der Waals surface area contributed by atoms with E-state index < -0.39 is 28.8 Å². The molecule has 3 aromatic rings. The summed E-state index contributed by atoms with van der Waals surface area (Å²) in [5.41, 5.74) is 3.93. The average Bonchev–Trinajstić information content (AvgIpc) is 3.25. The van der Waals surface area contributed by atoms with Gasteiger partial charge in [0, 0.05) is 50.3 Å². The van der Waals surface area contributed by atoms with Crippen molar-refractivity contribution in [2.45, 2.75) is 75.9 Å². The molecule has 1 amide bonds. The van der Waals surface area contributed by atoms with Gasteiger partial charge in [-0.1, -0.05) is 73.1 Å². The number of oxime groups is 1. The van der Waals surface area contributed by atoms with Crippen molar-refractivity contribution in [3.05, 3.63) is 137 Å². The van der Waals surface area contributed by atoms with Crippen molar-refractivity contribution in [2.75, 3.05) is 33.5 Å². The SMILES string of the molecule is C=CCOc1ccc2c(c1)C1C(CCCCO)C(CCCCO)C=C3C(=NOCc4ccc([N+](=O)[O-])cc4)CC(N(C)C(=O)OCc4ccccc4)C(OCC=C)(O2)C31. The molecular formula is C46H55N3O10. The van der Waals surface area contributed by atoms with Gasteiger partial charge < -0.3 is 38.9 Å². The quantitative estimate of drug-likeness (QED) is 0.0464. The standard InChI is InChI=1S/C46H55N3O10/c1-4-25-55-36-21-22-41-39(28-36)43-37(16-10-12-24-51)34(15-9-11-23-50)27-38-40(47-58-31-33-17-19-35(20-18-33)49(53)54)29-42(46(59-41,44(38)43)57-26-5-2)48(3)45(52)56-30-32-13-7-6-8-14-32/h4-8,13-14,17-22,27-28,34,37,42-44,50-51H,1-2,9-12,15-16,23-26,29-31H2,3H3. The van der Waals surface area contributed by atoms with Crippen molar-refractivity contribution >= 4 is 17.5 Å². The average molecular weight is 810 g/mol. The van der Waals surface area contributed by atoms with Gasteiger partial charge in [-0.3, -0.25) is 10.1 Å². The summed E-state index contributed by atoms with van der Waals surface area (Å²) in [7, 11) is 1.68. The third-order valence-corrected chi connectivity index (χ3v) is 11.5. The van der Waals surface area contributed by atoms with Crippen LogP contribution in [0.5, 0.6) is 11.5 Å². The highest BCUT2D eigenvalue weighted by atomic mass is 16.7. The van der Waals surface area contributed by atoms with Gasteiger partial charge in [0.15, 0.2) is 0 Å². The van der Waals surface area contributed by atoms with Gasteiger partial charge in [-0.2, -0.15) is 0 Å². The molecule has 3 aromatic carbocycles. The zero-order chi connectivity index (χ0) is 41.8. The first-order valence-corrected chi connectivity index (χ1v) is 20.4. The van der Waals surface area contributed by atoms with Crippen molar-refractivity contribution < 1.29 is 43.7 Å². The largest absolute Gasteiger partial charge is 0.490 e. The van der Waals surface area contributed by atoms with Gasteiger partial charge in [-0.15, -0.1) is 6.58 Å². The van der Waals surface area contributed by atoms with Crippen LogP contribution >= 0.6 is 0 Å². The summed E-state index contributed by atoms with van der Waals surface area (Å²) in [5.74, 6) is -0.841. The van der Waals surface area contributed by atoms with Crippen molar-refractivity contribution in [1.82, 2.24) is 4.90 Å². The van der Waals surface area contributed by atoms with Crippen LogP contribution in [0.1, 0.15) is 67.6 Å². The number of carbonyl (C=O) groups excluding carboxylic acids is 1. The summed E-state index contributed by atoms with van der Waals surface area (Å²) in [6.45, 7) is 8.50. The van der Waals surface area contributed by atoms with Crippen LogP contribution in [0.2, 0.25) is 0 Å². The highest BCUT2D eigenvalue weighted by Gasteiger charge is 2.65. The maximum atomic E-state index is 14.1. The number of nitrogens with zero attached hydrogens (tertiary/aromatic N) is 3. The molecule has 6 atom stereocenters. The summed E-state index contributed by atoms with van der Waals surface area (Å²) in [6.07, 6.45) is 9.68. The molecule has 1 fully saturated rings. The molecule has 59 heavy (non-hydrogen) atoms. The molecular weight excluding hydrogens is 755 g/mol. The Labute approximate surface area is 345 Å². The van der Waals surface area contributed by atoms with Crippen LogP contribution in [0.3, 0.4) is 0 Å². The fourth-order valence-corrected chi connectivity index (χ4v) is 8.82. The molecule has 1 heterocycles. The Bertz CT molecular complexity index is 1970. The summed E-state index contributed by atoms with van der Waals surface area (Å²) in [5, 5.41) is 35.8. The van der Waals surface area contributed by atoms with Crippen LogP contribution in [0, 0.1) is 27.9 Å². The van der Waals surface area contributed by atoms with Crippen molar-refractivity contribution in [2.24, 2.45) is 22.9 Å². The van der Waals surface area contributed by atoms with E-state index in [9.17, 15) is 25.1 Å². The smallest absolute Gasteiger partial charge is 0.410 e. The fourth-order valence-electron chi connectivity index (χ4n) is 8.82. The third kappa shape index (κ3) is 9.86. The minimum Gasteiger partial charge on any atom is -0.490 e. The van der Waals surface area contributed by atoms with Gasteiger partial charge in [-0.05, 0) is 84.6 Å². The van der Waals surface area contributed by atoms with Crippen LogP contribution in [0.25, 0.3) is 0 Å². The summed E-state index contributed by atoms with van der Waals surface area (Å²) >= 11 is 0. The molecule has 0 spiro atoms. The number of rotatable bonds is 21. The van der Waals surface area contributed by atoms with Gasteiger partial charge in [-0.25, -0.2) is 4.79 Å². The molecule has 0 radical (unpaired) electrons. The zero-order valence-electron chi connectivity index (χ0n) is 33.7. The van der Waals surface area contributed by atoms with Crippen molar-refractivity contribution in [1.29, 1.82) is 0 Å². The Kier molecular flexibility index (Phi) is 14.9. The number of aliphatic hydroxyl groups excluding tert-OH is 2. The molecule has 0 aromatic heterocycles. The zero-order valence-corrected chi connectivity index (χ0v) is 33.7. The number of unbranched alkanes of at least 4 members (excludes halogenated alkanes) is 2. The van der Waals surface area contributed by atoms with E-state index in [1.807, 2.05) is 48.5 Å². The summed E-state index contributed by atoms with van der Waals surface area (Å²) < 4.78 is 26.1. The van der Waals surface area contributed by atoms with Crippen LogP contribution in [0.4, 0.5) is 10.5 Å². The van der Waals surface area contributed by atoms with E-state index in [0.717, 1.165) is 42.4 Å². The van der Waals surface area contributed by atoms with Gasteiger partial charge >= 0.3 is 6.09 Å². The first-order valence-electron chi connectivity index (χ1n) is 20.4. The molecule has 0 bridgehead atoms. The van der Waals surface area contributed by atoms with Crippen LogP contribution in [-0.2, 0) is 27.5 Å². The molecule has 1 saturated carbocycles. The van der Waals surface area contributed by atoms with E-state index >= 15 is 0 Å². The first kappa shape index (κ1) is 43.1. The van der Waals surface area contributed by atoms with Gasteiger partial charge in [0.2, 0.25) is 5.79 Å². The lowest BCUT2D eigenvalue weighted by molar-refractivity contribution is -0.384. The number of non-ortho nitro benzene ring substituents is 1. The molecule has 13 heteroatoms. The molecule has 1 aliphatic heterocycles. The minimum atomic E-state index is -1.44. The molecule has 314 valence electrons. The normalized spacial score (nSPS) is 23.5. The Morgan fingerprint density at radius 2 is 1.68 bits per heavy atom. The lowest BCUT2D eigenvalue weighted by Gasteiger charge is -2.59. The predicted molar refractivity (Wildman–Crippen MR) is 223 cm³/mol. The van der Waals surface area contributed by atoms with E-state index in [0.29, 0.717) is 42.2 Å². The second-order valence-electron chi connectivity index (χ2n) is 15.2. The molecule has 2 aliphatic carbocycles. The van der Waals surface area contributed by atoms with E-state index in [4.69, 9.17) is 28.9 Å². The highest BCUT2D eigenvalue weighted by molar-refractivity contribution is 6.02. The van der Waals surface area contributed by atoms with E-state index in [2.05, 4.69) is 19.2 Å². The number of allylic oxidation sites excluding steroid dienone is 1. The molecule has 6 unspecified atom stereocenters. The van der Waals surface area contributed by atoms with E-state index in [1.54, 1.807) is 31.3 Å². The van der Waals surface area contributed by atoms with E-state index in [-0.39, 0.29) is 62.9 Å². The number of ether oxygens (including phenoxy) is 4. The molecule has 0 saturated heterocycles. The summed E-state index contributed by atoms with van der Waals surface area (Å²) in [4.78, 5) is 32.6. The minimum absolute atomic E-state index is 0.0250. The monoisotopic (exact) mass is 809 g/mol. The fraction of sp³-hybridized carbons (Fsp3) is 0.435. The number of hydrogen-bond donors (Lipinski definition) is 2. The second kappa shape index (κ2) is 20.5. The number of nitro benzene ring substituents is 1. The second-order valence-corrected chi connectivity index (χ2v) is 15.2. The number of nitro groups is 1.